The van der Waals surface area contributed by atoms with Crippen LogP contribution in [0.15, 0.2) is 38.8 Å². The fraction of sp³-hybridized carbons (Fsp3) is 0.450. The van der Waals surface area contributed by atoms with E-state index in [-0.39, 0.29) is 48.2 Å². The van der Waals surface area contributed by atoms with E-state index in [0.29, 0.717) is 13.0 Å². The number of benzene rings is 1. The molecule has 0 aliphatic rings. The smallest absolute Gasteiger partial charge is 0.330 e. The van der Waals surface area contributed by atoms with Gasteiger partial charge in [-0.25, -0.2) is 18.4 Å². The second kappa shape index (κ2) is 11.6. The van der Waals surface area contributed by atoms with Gasteiger partial charge in [-0.15, -0.1) is 0 Å². The van der Waals surface area contributed by atoms with Gasteiger partial charge in [0.2, 0.25) is 15.9 Å². The lowest BCUT2D eigenvalue weighted by Crippen LogP contribution is -2.40. The van der Waals surface area contributed by atoms with Gasteiger partial charge in [0.1, 0.15) is 11.5 Å². The molecule has 0 unspecified atom stereocenters. The molecule has 0 aliphatic heterocycles. The third kappa shape index (κ3) is 7.17. The molecule has 0 fully saturated rings. The Bertz CT molecular complexity index is 1190. The van der Waals surface area contributed by atoms with E-state index in [4.69, 9.17) is 15.6 Å². The Morgan fingerprint density at radius 2 is 2.00 bits per heavy atom. The summed E-state index contributed by atoms with van der Waals surface area (Å²) in [5.41, 5.74) is 5.29. The largest absolute Gasteiger partial charge is 0.383 e. The van der Waals surface area contributed by atoms with Crippen molar-refractivity contribution in [2.45, 2.75) is 37.6 Å². The maximum Gasteiger partial charge on any atom is 0.330 e. The highest BCUT2D eigenvalue weighted by molar-refractivity contribution is 7.89. The summed E-state index contributed by atoms with van der Waals surface area (Å²) in [5, 5.41) is 7.73. The fourth-order valence-corrected chi connectivity index (χ4v) is 3.73. The standard InChI is InChI=1S/C20H30N6O6S/c1-3-4-9-26-18(21)17(19(28)24-20(26)29)25(11-12-32-2)10-8-16(27)23-14-6-5-7-15(13-14)33(22,30)31/h5-7,13H,3-4,8-12,21H2,1-2H3,(H,23,27)(H2,22,30,31)(H,24,28,29). The number of methoxy groups -OCH3 is 1. The predicted molar refractivity (Wildman–Crippen MR) is 126 cm³/mol. The Morgan fingerprint density at radius 1 is 1.27 bits per heavy atom. The molecule has 13 heteroatoms. The minimum absolute atomic E-state index is 0.0227. The number of nitrogens with zero attached hydrogens (tertiary/aromatic N) is 2. The number of nitrogens with two attached hydrogens (primary N) is 2. The maximum atomic E-state index is 12.6. The van der Waals surface area contributed by atoms with Crippen molar-refractivity contribution in [1.29, 1.82) is 0 Å². The first-order valence-corrected chi connectivity index (χ1v) is 11.9. The summed E-state index contributed by atoms with van der Waals surface area (Å²) in [6.07, 6.45) is 1.49. The molecule has 1 aromatic heterocycles. The van der Waals surface area contributed by atoms with Crippen molar-refractivity contribution in [1.82, 2.24) is 9.55 Å². The molecule has 1 aromatic carbocycles. The lowest BCUT2D eigenvalue weighted by molar-refractivity contribution is -0.116. The van der Waals surface area contributed by atoms with Gasteiger partial charge in [0.25, 0.3) is 5.56 Å². The van der Waals surface area contributed by atoms with Crippen LogP contribution in [0, 0.1) is 0 Å². The van der Waals surface area contributed by atoms with Crippen molar-refractivity contribution < 1.29 is 17.9 Å². The fourth-order valence-electron chi connectivity index (χ4n) is 3.17. The molecule has 0 saturated carbocycles. The topological polar surface area (TPSA) is 183 Å². The van der Waals surface area contributed by atoms with Crippen LogP contribution in [0.5, 0.6) is 0 Å². The molecule has 0 saturated heterocycles. The molecule has 2 rings (SSSR count). The van der Waals surface area contributed by atoms with Gasteiger partial charge < -0.3 is 20.7 Å². The Labute approximate surface area is 191 Å². The number of ether oxygens (including phenoxy) is 1. The van der Waals surface area contributed by atoms with E-state index in [2.05, 4.69) is 10.3 Å². The first-order valence-electron chi connectivity index (χ1n) is 10.4. The number of nitrogen functional groups attached to an aromatic ring is 1. The summed E-state index contributed by atoms with van der Waals surface area (Å²) in [6.45, 7) is 2.93. The van der Waals surface area contributed by atoms with Crippen molar-refractivity contribution in [3.8, 4) is 0 Å². The first-order chi connectivity index (χ1) is 15.6. The molecule has 0 spiro atoms. The number of hydrogen-bond donors (Lipinski definition) is 4. The number of nitrogens with one attached hydrogen (secondary N) is 2. The van der Waals surface area contributed by atoms with Crippen molar-refractivity contribution >= 4 is 33.1 Å². The molecule has 12 nitrogen and oxygen atoms in total. The van der Waals surface area contributed by atoms with Gasteiger partial charge in [-0.3, -0.25) is 19.1 Å². The quantitative estimate of drug-likeness (QED) is 0.327. The Balaban J connectivity index is 2.23. The number of hydrogen-bond acceptors (Lipinski definition) is 8. The van der Waals surface area contributed by atoms with Crippen LogP contribution < -0.4 is 32.3 Å². The number of primary sulfonamides is 1. The van der Waals surface area contributed by atoms with Gasteiger partial charge >= 0.3 is 5.69 Å². The molecular formula is C20H30N6O6S. The number of aromatic amines is 1. The van der Waals surface area contributed by atoms with Gasteiger partial charge in [-0.05, 0) is 24.6 Å². The van der Waals surface area contributed by atoms with Crippen molar-refractivity contribution in [3.05, 3.63) is 45.1 Å². The van der Waals surface area contributed by atoms with Crippen LogP contribution in [0.4, 0.5) is 17.2 Å². The number of H-pyrrole nitrogens is 1. The number of anilines is 3. The molecule has 33 heavy (non-hydrogen) atoms. The van der Waals surface area contributed by atoms with Crippen LogP contribution >= 0.6 is 0 Å². The van der Waals surface area contributed by atoms with Gasteiger partial charge in [0.15, 0.2) is 0 Å². The molecule has 182 valence electrons. The third-order valence-corrected chi connectivity index (χ3v) is 5.80. The number of unbranched alkanes of at least 4 members (excludes halogenated alkanes) is 1. The highest BCUT2D eigenvalue weighted by atomic mass is 32.2. The van der Waals surface area contributed by atoms with Crippen LogP contribution in [-0.2, 0) is 26.1 Å². The van der Waals surface area contributed by atoms with Gasteiger partial charge in [-0.2, -0.15) is 0 Å². The summed E-state index contributed by atoms with van der Waals surface area (Å²) < 4.78 is 29.4. The predicted octanol–water partition coefficient (Wildman–Crippen LogP) is 0.0479. The number of carbonyl (C=O) groups excluding carboxylic acids is 1. The summed E-state index contributed by atoms with van der Waals surface area (Å²) in [6, 6.07) is 5.56. The molecule has 1 heterocycles. The van der Waals surface area contributed by atoms with Crippen LogP contribution in [0.3, 0.4) is 0 Å². The molecular weight excluding hydrogens is 452 g/mol. The number of aromatic nitrogens is 2. The average molecular weight is 483 g/mol. The lowest BCUT2D eigenvalue weighted by atomic mass is 10.2. The van der Waals surface area contributed by atoms with Gasteiger partial charge in [0.05, 0.1) is 11.5 Å². The maximum absolute atomic E-state index is 12.6. The molecule has 0 atom stereocenters. The molecule has 1 amide bonds. The van der Waals surface area contributed by atoms with Gasteiger partial charge in [-0.1, -0.05) is 19.4 Å². The number of sulfonamides is 1. The van der Waals surface area contributed by atoms with Crippen LogP contribution in [0.25, 0.3) is 0 Å². The van der Waals surface area contributed by atoms with Crippen molar-refractivity contribution in [2.75, 3.05) is 42.8 Å². The summed E-state index contributed by atoms with van der Waals surface area (Å²) in [7, 11) is -2.41. The highest BCUT2D eigenvalue weighted by Crippen LogP contribution is 2.18. The van der Waals surface area contributed by atoms with E-state index in [9.17, 15) is 22.8 Å². The minimum atomic E-state index is -3.91. The lowest BCUT2D eigenvalue weighted by Gasteiger charge is -2.25. The second-order valence-corrected chi connectivity index (χ2v) is 8.91. The molecule has 0 radical (unpaired) electrons. The number of carbonyl (C=O) groups is 1. The number of rotatable bonds is 12. The van der Waals surface area contributed by atoms with Crippen LogP contribution in [0.1, 0.15) is 26.2 Å². The zero-order valence-electron chi connectivity index (χ0n) is 18.7. The minimum Gasteiger partial charge on any atom is -0.383 e. The molecule has 6 N–H and O–H groups in total. The van der Waals surface area contributed by atoms with Crippen molar-refractivity contribution in [3.63, 3.8) is 0 Å². The normalized spacial score (nSPS) is 11.4. The van der Waals surface area contributed by atoms with E-state index in [1.807, 2.05) is 6.92 Å². The Morgan fingerprint density at radius 3 is 2.64 bits per heavy atom. The van der Waals surface area contributed by atoms with Crippen LogP contribution in [0.2, 0.25) is 0 Å². The van der Waals surface area contributed by atoms with E-state index >= 15 is 0 Å². The van der Waals surface area contributed by atoms with Crippen LogP contribution in [-0.4, -0.2) is 50.7 Å². The SMILES string of the molecule is CCCCn1c(N)c(N(CCOC)CCC(=O)Nc2cccc(S(N)(=O)=O)c2)c(=O)[nH]c1=O. The molecule has 2 aromatic rings. The monoisotopic (exact) mass is 482 g/mol. The number of amides is 1. The highest BCUT2D eigenvalue weighted by Gasteiger charge is 2.20. The summed E-state index contributed by atoms with van der Waals surface area (Å²) >= 11 is 0. The van der Waals surface area contributed by atoms with E-state index in [1.54, 1.807) is 4.90 Å². The summed E-state index contributed by atoms with van der Waals surface area (Å²) in [4.78, 5) is 41.0. The Hall–Kier alpha value is -3.16. The van der Waals surface area contributed by atoms with Gasteiger partial charge in [0, 0.05) is 38.9 Å². The summed E-state index contributed by atoms with van der Waals surface area (Å²) in [5.74, 6) is -0.396. The third-order valence-electron chi connectivity index (χ3n) is 4.89. The Kier molecular flexibility index (Phi) is 9.20. The zero-order chi connectivity index (χ0) is 24.6. The van der Waals surface area contributed by atoms with E-state index < -0.39 is 27.2 Å². The molecule has 0 aliphatic carbocycles. The average Bonchev–Trinajstić information content (AvgIpc) is 2.74. The van der Waals surface area contributed by atoms with E-state index in [0.717, 1.165) is 6.42 Å². The second-order valence-electron chi connectivity index (χ2n) is 7.35. The van der Waals surface area contributed by atoms with E-state index in [1.165, 1.54) is 35.9 Å². The first kappa shape index (κ1) is 26.1. The molecule has 0 bridgehead atoms. The van der Waals surface area contributed by atoms with Crippen molar-refractivity contribution in [2.24, 2.45) is 5.14 Å². The zero-order valence-corrected chi connectivity index (χ0v) is 19.5.